The minimum atomic E-state index is 0.568. The van der Waals surface area contributed by atoms with Gasteiger partial charge in [-0.25, -0.2) is 9.97 Å². The van der Waals surface area contributed by atoms with Crippen molar-refractivity contribution >= 4 is 5.82 Å². The summed E-state index contributed by atoms with van der Waals surface area (Å²) in [6, 6.07) is 3.54. The van der Waals surface area contributed by atoms with Gasteiger partial charge in [0, 0.05) is 17.8 Å². The van der Waals surface area contributed by atoms with Crippen LogP contribution in [0.1, 0.15) is 5.69 Å². The third-order valence-electron chi connectivity index (χ3n) is 1.68. The molecule has 0 saturated carbocycles. The number of nitrogen functional groups attached to an aromatic ring is 1. The lowest BCUT2D eigenvalue weighted by Crippen LogP contribution is -2.04. The molecule has 0 amide bonds. The fourth-order valence-corrected chi connectivity index (χ4v) is 1.06. The van der Waals surface area contributed by atoms with Crippen LogP contribution < -0.4 is 5.73 Å². The van der Waals surface area contributed by atoms with Crippen molar-refractivity contribution in [3.05, 3.63) is 30.4 Å². The van der Waals surface area contributed by atoms with Gasteiger partial charge < -0.3 is 5.73 Å². The first-order valence-electron chi connectivity index (χ1n) is 3.86. The van der Waals surface area contributed by atoms with Crippen LogP contribution in [0.3, 0.4) is 0 Å². The predicted molar refractivity (Wildman–Crippen MR) is 48.3 cm³/mol. The number of rotatable bonds is 1. The number of nitrogens with two attached hydrogens (primary N) is 1. The molecule has 13 heavy (non-hydrogen) atoms. The molecule has 0 spiro atoms. The molecular formula is C8H9N5. The van der Waals surface area contributed by atoms with Crippen LogP contribution in [0, 0.1) is 6.92 Å². The highest BCUT2D eigenvalue weighted by atomic mass is 15.3. The highest BCUT2D eigenvalue weighted by Crippen LogP contribution is 2.08. The first-order chi connectivity index (χ1) is 6.27. The third-order valence-corrected chi connectivity index (χ3v) is 1.68. The second-order valence-corrected chi connectivity index (χ2v) is 2.69. The highest BCUT2D eigenvalue weighted by Gasteiger charge is 2.02. The fourth-order valence-electron chi connectivity index (χ4n) is 1.06. The average molecular weight is 175 g/mol. The SMILES string of the molecule is Cc1cc(-n2nccc2N)ncn1. The molecule has 0 bridgehead atoms. The first kappa shape index (κ1) is 7.72. The molecule has 2 aromatic rings. The normalized spacial score (nSPS) is 10.2. The smallest absolute Gasteiger partial charge is 0.159 e. The van der Waals surface area contributed by atoms with Gasteiger partial charge in [-0.2, -0.15) is 9.78 Å². The summed E-state index contributed by atoms with van der Waals surface area (Å²) in [4.78, 5) is 8.04. The zero-order valence-corrected chi connectivity index (χ0v) is 7.18. The summed E-state index contributed by atoms with van der Waals surface area (Å²) in [5.74, 6) is 1.26. The maximum Gasteiger partial charge on any atom is 0.159 e. The van der Waals surface area contributed by atoms with Crippen LogP contribution in [0.15, 0.2) is 24.7 Å². The Morgan fingerprint density at radius 3 is 2.85 bits per heavy atom. The van der Waals surface area contributed by atoms with Crippen molar-refractivity contribution in [1.82, 2.24) is 19.7 Å². The Hall–Kier alpha value is -1.91. The Kier molecular flexibility index (Phi) is 1.70. The minimum absolute atomic E-state index is 0.568. The van der Waals surface area contributed by atoms with Crippen molar-refractivity contribution in [2.75, 3.05) is 5.73 Å². The van der Waals surface area contributed by atoms with E-state index in [0.717, 1.165) is 5.69 Å². The van der Waals surface area contributed by atoms with Gasteiger partial charge in [-0.15, -0.1) is 0 Å². The van der Waals surface area contributed by atoms with Crippen LogP contribution in [0.4, 0.5) is 5.82 Å². The zero-order valence-electron chi connectivity index (χ0n) is 7.18. The van der Waals surface area contributed by atoms with Crippen LogP contribution in [0.2, 0.25) is 0 Å². The van der Waals surface area contributed by atoms with E-state index < -0.39 is 0 Å². The van der Waals surface area contributed by atoms with E-state index in [9.17, 15) is 0 Å². The molecule has 2 N–H and O–H groups in total. The van der Waals surface area contributed by atoms with E-state index in [4.69, 9.17) is 5.73 Å². The summed E-state index contributed by atoms with van der Waals surface area (Å²) in [5, 5.41) is 4.03. The summed E-state index contributed by atoms with van der Waals surface area (Å²) in [7, 11) is 0. The molecule has 0 radical (unpaired) electrons. The Balaban J connectivity index is 2.53. The van der Waals surface area contributed by atoms with Crippen LogP contribution in [-0.4, -0.2) is 19.7 Å². The Morgan fingerprint density at radius 2 is 2.23 bits per heavy atom. The number of aryl methyl sites for hydroxylation is 1. The Labute approximate surface area is 75.2 Å². The Morgan fingerprint density at radius 1 is 1.38 bits per heavy atom. The second kappa shape index (κ2) is 2.85. The molecule has 0 aromatic carbocycles. The maximum absolute atomic E-state index is 5.66. The van der Waals surface area contributed by atoms with Crippen molar-refractivity contribution in [1.29, 1.82) is 0 Å². The molecule has 0 aliphatic rings. The molecule has 0 unspecified atom stereocenters. The van der Waals surface area contributed by atoms with Gasteiger partial charge in [-0.05, 0) is 6.92 Å². The predicted octanol–water partition coefficient (Wildman–Crippen LogP) is 0.553. The van der Waals surface area contributed by atoms with E-state index in [1.807, 2.05) is 13.0 Å². The number of hydrogen-bond acceptors (Lipinski definition) is 4. The summed E-state index contributed by atoms with van der Waals surface area (Å²) in [5.41, 5.74) is 6.55. The van der Waals surface area contributed by atoms with Crippen LogP contribution in [-0.2, 0) is 0 Å². The zero-order chi connectivity index (χ0) is 9.26. The van der Waals surface area contributed by atoms with E-state index in [2.05, 4.69) is 15.1 Å². The molecule has 66 valence electrons. The van der Waals surface area contributed by atoms with Crippen molar-refractivity contribution in [3.63, 3.8) is 0 Å². The molecule has 5 heteroatoms. The van der Waals surface area contributed by atoms with Crippen LogP contribution in [0.5, 0.6) is 0 Å². The molecule has 0 aliphatic carbocycles. The van der Waals surface area contributed by atoms with Crippen molar-refractivity contribution in [2.45, 2.75) is 6.92 Å². The Bertz CT molecular complexity index is 420. The summed E-state index contributed by atoms with van der Waals surface area (Å²) >= 11 is 0. The van der Waals surface area contributed by atoms with Gasteiger partial charge in [0.25, 0.3) is 0 Å². The van der Waals surface area contributed by atoms with E-state index in [1.54, 1.807) is 16.9 Å². The molecule has 0 aliphatic heterocycles. The second-order valence-electron chi connectivity index (χ2n) is 2.69. The summed E-state index contributed by atoms with van der Waals surface area (Å²) in [6.07, 6.45) is 3.12. The van der Waals surface area contributed by atoms with E-state index >= 15 is 0 Å². The van der Waals surface area contributed by atoms with Gasteiger partial charge in [-0.3, -0.25) is 0 Å². The monoisotopic (exact) mass is 175 g/mol. The molecule has 2 heterocycles. The molecule has 0 fully saturated rings. The lowest BCUT2D eigenvalue weighted by Gasteiger charge is -2.01. The molecule has 2 rings (SSSR count). The lowest BCUT2D eigenvalue weighted by molar-refractivity contribution is 0.844. The van der Waals surface area contributed by atoms with Gasteiger partial charge in [-0.1, -0.05) is 0 Å². The lowest BCUT2D eigenvalue weighted by atomic mass is 10.4. The minimum Gasteiger partial charge on any atom is -0.384 e. The van der Waals surface area contributed by atoms with Crippen molar-refractivity contribution < 1.29 is 0 Å². The third kappa shape index (κ3) is 1.35. The van der Waals surface area contributed by atoms with Crippen LogP contribution >= 0.6 is 0 Å². The van der Waals surface area contributed by atoms with E-state index in [0.29, 0.717) is 11.6 Å². The molecule has 0 saturated heterocycles. The number of aromatic nitrogens is 4. The molecule has 0 atom stereocenters. The van der Waals surface area contributed by atoms with Gasteiger partial charge in [0.1, 0.15) is 12.1 Å². The average Bonchev–Trinajstić information content (AvgIpc) is 2.51. The summed E-state index contributed by atoms with van der Waals surface area (Å²) < 4.78 is 1.56. The largest absolute Gasteiger partial charge is 0.384 e. The van der Waals surface area contributed by atoms with Gasteiger partial charge in [0.2, 0.25) is 0 Å². The van der Waals surface area contributed by atoms with Gasteiger partial charge >= 0.3 is 0 Å². The number of anilines is 1. The molecule has 2 aromatic heterocycles. The highest BCUT2D eigenvalue weighted by molar-refractivity contribution is 5.36. The van der Waals surface area contributed by atoms with Gasteiger partial charge in [0.15, 0.2) is 5.82 Å². The first-order valence-corrected chi connectivity index (χ1v) is 3.86. The topological polar surface area (TPSA) is 69.6 Å². The fraction of sp³-hybridized carbons (Fsp3) is 0.125. The summed E-state index contributed by atoms with van der Waals surface area (Å²) in [6.45, 7) is 1.89. The standard InChI is InChI=1S/C8H9N5/c1-6-4-8(11-5-10-6)13-7(9)2-3-12-13/h2-5H,9H2,1H3. The van der Waals surface area contributed by atoms with E-state index in [-0.39, 0.29) is 0 Å². The maximum atomic E-state index is 5.66. The van der Waals surface area contributed by atoms with E-state index in [1.165, 1.54) is 6.33 Å². The van der Waals surface area contributed by atoms with Gasteiger partial charge in [0.05, 0.1) is 6.20 Å². The number of nitrogens with zero attached hydrogens (tertiary/aromatic N) is 4. The number of hydrogen-bond donors (Lipinski definition) is 1. The molecule has 5 nitrogen and oxygen atoms in total. The molecular weight excluding hydrogens is 166 g/mol. The van der Waals surface area contributed by atoms with Crippen LogP contribution in [0.25, 0.3) is 5.82 Å². The van der Waals surface area contributed by atoms with Crippen molar-refractivity contribution in [2.24, 2.45) is 0 Å². The van der Waals surface area contributed by atoms with Crippen molar-refractivity contribution in [3.8, 4) is 5.82 Å². The quantitative estimate of drug-likeness (QED) is 0.687.